The normalized spacial score (nSPS) is 10.8. The molecular formula is C7H8BN3O3. The van der Waals surface area contributed by atoms with Crippen molar-refractivity contribution in [1.82, 2.24) is 14.2 Å². The van der Waals surface area contributed by atoms with E-state index in [2.05, 4.69) is 5.10 Å². The molecule has 0 unspecified atom stereocenters. The highest BCUT2D eigenvalue weighted by Crippen LogP contribution is 1.92. The first kappa shape index (κ1) is 8.98. The van der Waals surface area contributed by atoms with E-state index in [-0.39, 0.29) is 5.69 Å². The van der Waals surface area contributed by atoms with Gasteiger partial charge in [-0.05, 0) is 17.6 Å². The van der Waals surface area contributed by atoms with Gasteiger partial charge in [-0.1, -0.05) is 0 Å². The van der Waals surface area contributed by atoms with Gasteiger partial charge in [0, 0.05) is 13.2 Å². The van der Waals surface area contributed by atoms with Gasteiger partial charge in [-0.15, -0.1) is 0 Å². The molecule has 2 N–H and O–H groups in total. The fourth-order valence-corrected chi connectivity index (χ4v) is 1.26. The molecule has 0 spiro atoms. The lowest BCUT2D eigenvalue weighted by atomic mass is 9.81. The van der Waals surface area contributed by atoms with Crippen molar-refractivity contribution < 1.29 is 10.0 Å². The van der Waals surface area contributed by atoms with Crippen molar-refractivity contribution in [2.75, 3.05) is 0 Å². The molecule has 2 aromatic heterocycles. The largest absolute Gasteiger partial charge is 0.488 e. The number of aryl methyl sites for hydroxylation is 1. The molecule has 0 aromatic carbocycles. The van der Waals surface area contributed by atoms with Crippen molar-refractivity contribution in [3.8, 4) is 0 Å². The summed E-state index contributed by atoms with van der Waals surface area (Å²) in [6.45, 7) is 0. The van der Waals surface area contributed by atoms with E-state index in [0.717, 1.165) is 0 Å². The zero-order chi connectivity index (χ0) is 10.3. The van der Waals surface area contributed by atoms with Gasteiger partial charge in [0.25, 0.3) is 0 Å². The third-order valence-corrected chi connectivity index (χ3v) is 1.99. The molecule has 2 rings (SSSR count). The SMILES string of the molecule is Cn1nc2cc(B(O)O)ccn2c1=O. The Morgan fingerprint density at radius 3 is 2.86 bits per heavy atom. The summed E-state index contributed by atoms with van der Waals surface area (Å²) in [4.78, 5) is 11.3. The molecule has 0 amide bonds. The smallest absolute Gasteiger partial charge is 0.423 e. The van der Waals surface area contributed by atoms with E-state index in [1.807, 2.05) is 0 Å². The van der Waals surface area contributed by atoms with Crippen LogP contribution in [0.3, 0.4) is 0 Å². The first-order chi connectivity index (χ1) is 6.59. The van der Waals surface area contributed by atoms with Crippen molar-refractivity contribution in [1.29, 1.82) is 0 Å². The minimum absolute atomic E-state index is 0.265. The molecule has 0 radical (unpaired) electrons. The van der Waals surface area contributed by atoms with Gasteiger partial charge in [0.05, 0.1) is 0 Å². The standard InChI is InChI=1S/C7H8BN3O3/c1-10-7(12)11-3-2-5(8(13)14)4-6(11)9-10/h2-4,13-14H,1H3. The van der Waals surface area contributed by atoms with Gasteiger partial charge in [0.2, 0.25) is 0 Å². The topological polar surface area (TPSA) is 79.8 Å². The minimum atomic E-state index is -1.54. The van der Waals surface area contributed by atoms with Crippen LogP contribution in [0.4, 0.5) is 0 Å². The Kier molecular flexibility index (Phi) is 1.90. The Balaban J connectivity index is 2.74. The van der Waals surface area contributed by atoms with Crippen LogP contribution in [0.25, 0.3) is 5.65 Å². The molecule has 0 fully saturated rings. The molecule has 2 aromatic rings. The Bertz CT molecular complexity index is 530. The van der Waals surface area contributed by atoms with Crippen molar-refractivity contribution in [3.63, 3.8) is 0 Å². The average molecular weight is 193 g/mol. The molecule has 0 aliphatic carbocycles. The summed E-state index contributed by atoms with van der Waals surface area (Å²) in [6, 6.07) is 2.91. The van der Waals surface area contributed by atoms with Gasteiger partial charge >= 0.3 is 12.8 Å². The van der Waals surface area contributed by atoms with Gasteiger partial charge in [0.1, 0.15) is 0 Å². The quantitative estimate of drug-likeness (QED) is 0.499. The maximum atomic E-state index is 11.3. The third kappa shape index (κ3) is 1.23. The van der Waals surface area contributed by atoms with Gasteiger partial charge < -0.3 is 10.0 Å². The highest BCUT2D eigenvalue weighted by atomic mass is 16.4. The number of hydrogen-bond acceptors (Lipinski definition) is 4. The van der Waals surface area contributed by atoms with E-state index in [1.54, 1.807) is 0 Å². The zero-order valence-corrected chi connectivity index (χ0v) is 7.45. The fraction of sp³-hybridized carbons (Fsp3) is 0.143. The Labute approximate surface area is 79.2 Å². The summed E-state index contributed by atoms with van der Waals surface area (Å²) in [5.41, 5.74) is 0.435. The first-order valence-electron chi connectivity index (χ1n) is 4.01. The third-order valence-electron chi connectivity index (χ3n) is 1.99. The molecule has 14 heavy (non-hydrogen) atoms. The summed E-state index contributed by atoms with van der Waals surface area (Å²) >= 11 is 0. The zero-order valence-electron chi connectivity index (χ0n) is 7.45. The predicted octanol–water partition coefficient (Wildman–Crippen LogP) is -2.29. The molecule has 72 valence electrons. The van der Waals surface area contributed by atoms with E-state index in [9.17, 15) is 4.79 Å². The van der Waals surface area contributed by atoms with Crippen molar-refractivity contribution >= 4 is 18.2 Å². The van der Waals surface area contributed by atoms with Crippen LogP contribution >= 0.6 is 0 Å². The summed E-state index contributed by atoms with van der Waals surface area (Å²) in [6.07, 6.45) is 1.46. The number of nitrogens with zero attached hydrogens (tertiary/aromatic N) is 3. The van der Waals surface area contributed by atoms with E-state index >= 15 is 0 Å². The lowest BCUT2D eigenvalue weighted by molar-refractivity contribution is 0.426. The van der Waals surface area contributed by atoms with E-state index in [1.165, 1.54) is 34.5 Å². The Hall–Kier alpha value is -1.60. The van der Waals surface area contributed by atoms with Gasteiger partial charge in [-0.2, -0.15) is 5.10 Å². The molecule has 0 bridgehead atoms. The first-order valence-corrected chi connectivity index (χ1v) is 4.01. The number of rotatable bonds is 1. The molecule has 0 atom stereocenters. The van der Waals surface area contributed by atoms with Gasteiger partial charge in [-0.3, -0.25) is 4.40 Å². The second-order valence-electron chi connectivity index (χ2n) is 2.97. The second-order valence-corrected chi connectivity index (χ2v) is 2.97. The maximum absolute atomic E-state index is 11.3. The van der Waals surface area contributed by atoms with E-state index in [0.29, 0.717) is 11.1 Å². The number of fused-ring (bicyclic) bond motifs is 1. The molecule has 0 aliphatic rings. The van der Waals surface area contributed by atoms with Crippen LogP contribution in [-0.2, 0) is 7.05 Å². The summed E-state index contributed by atoms with van der Waals surface area (Å²) < 4.78 is 2.51. The molecule has 7 heteroatoms. The molecule has 6 nitrogen and oxygen atoms in total. The van der Waals surface area contributed by atoms with Crippen LogP contribution < -0.4 is 11.2 Å². The van der Waals surface area contributed by atoms with Crippen LogP contribution in [0, 0.1) is 0 Å². The van der Waals surface area contributed by atoms with Gasteiger partial charge in [-0.25, -0.2) is 9.48 Å². The van der Waals surface area contributed by atoms with E-state index in [4.69, 9.17) is 10.0 Å². The predicted molar refractivity (Wildman–Crippen MR) is 50.3 cm³/mol. The van der Waals surface area contributed by atoms with Crippen LogP contribution in [0.15, 0.2) is 23.1 Å². The Morgan fingerprint density at radius 2 is 2.21 bits per heavy atom. The highest BCUT2D eigenvalue weighted by molar-refractivity contribution is 6.58. The molecular weight excluding hydrogens is 185 g/mol. The summed E-state index contributed by atoms with van der Waals surface area (Å²) in [5.74, 6) is 0. The number of hydrogen-bond donors (Lipinski definition) is 2. The van der Waals surface area contributed by atoms with E-state index < -0.39 is 7.12 Å². The number of pyridine rings is 1. The van der Waals surface area contributed by atoms with Crippen LogP contribution in [0.1, 0.15) is 0 Å². The molecule has 2 heterocycles. The lowest BCUT2D eigenvalue weighted by Crippen LogP contribution is -2.30. The van der Waals surface area contributed by atoms with Crippen molar-refractivity contribution in [2.24, 2.45) is 7.05 Å². The average Bonchev–Trinajstić information content (AvgIpc) is 2.42. The maximum Gasteiger partial charge on any atom is 0.488 e. The van der Waals surface area contributed by atoms with Gasteiger partial charge in [0.15, 0.2) is 5.65 Å². The highest BCUT2D eigenvalue weighted by Gasteiger charge is 2.12. The summed E-state index contributed by atoms with van der Waals surface area (Å²) in [5, 5.41) is 21.7. The molecule has 0 aliphatic heterocycles. The summed E-state index contributed by atoms with van der Waals surface area (Å²) in [7, 11) is -0.0122. The van der Waals surface area contributed by atoms with Crippen LogP contribution in [-0.4, -0.2) is 31.3 Å². The van der Waals surface area contributed by atoms with Crippen molar-refractivity contribution in [2.45, 2.75) is 0 Å². The number of aromatic nitrogens is 3. The molecule has 0 saturated heterocycles. The monoisotopic (exact) mass is 193 g/mol. The minimum Gasteiger partial charge on any atom is -0.423 e. The lowest BCUT2D eigenvalue weighted by Gasteiger charge is -1.97. The second kappa shape index (κ2) is 2.97. The van der Waals surface area contributed by atoms with Crippen molar-refractivity contribution in [3.05, 3.63) is 28.8 Å². The fourth-order valence-electron chi connectivity index (χ4n) is 1.26. The Morgan fingerprint density at radius 1 is 1.50 bits per heavy atom. The van der Waals surface area contributed by atoms with Crippen LogP contribution in [0.2, 0.25) is 0 Å². The molecule has 0 saturated carbocycles. The van der Waals surface area contributed by atoms with Crippen LogP contribution in [0.5, 0.6) is 0 Å².